The van der Waals surface area contributed by atoms with Gasteiger partial charge in [-0.1, -0.05) is 18.2 Å². The molecule has 19 heavy (non-hydrogen) atoms. The zero-order valence-electron chi connectivity index (χ0n) is 10.6. The average molecular weight is 282 g/mol. The smallest absolute Gasteiger partial charge is 0.244 e. The predicted octanol–water partition coefficient (Wildman–Crippen LogP) is 0.0117. The van der Waals surface area contributed by atoms with E-state index in [2.05, 4.69) is 10.4 Å². The Morgan fingerprint density at radius 1 is 1.21 bits per heavy atom. The van der Waals surface area contributed by atoms with Crippen LogP contribution in [0.5, 0.6) is 0 Å². The van der Waals surface area contributed by atoms with Gasteiger partial charge in [0.1, 0.15) is 0 Å². The van der Waals surface area contributed by atoms with E-state index >= 15 is 0 Å². The highest BCUT2D eigenvalue weighted by Crippen LogP contribution is 2.14. The van der Waals surface area contributed by atoms with Crippen molar-refractivity contribution < 1.29 is 8.42 Å². The van der Waals surface area contributed by atoms with Crippen LogP contribution in [0.25, 0.3) is 0 Å². The maximum absolute atomic E-state index is 12.2. The van der Waals surface area contributed by atoms with Crippen molar-refractivity contribution in [2.75, 3.05) is 5.75 Å². The Morgan fingerprint density at radius 2 is 1.84 bits per heavy atom. The van der Waals surface area contributed by atoms with Crippen LogP contribution in [0, 0.1) is 0 Å². The Labute approximate surface area is 110 Å². The molecule has 0 N–H and O–H groups in total. The Morgan fingerprint density at radius 3 is 2.37 bits per heavy atom. The SMILES string of the molecule is CC(CS(=O)(=O)c1ccccc1)n1nnn(C)c1=O. The number of aryl methyl sites for hydroxylation is 1. The van der Waals surface area contributed by atoms with Crippen molar-refractivity contribution in [1.29, 1.82) is 0 Å². The van der Waals surface area contributed by atoms with Crippen LogP contribution >= 0.6 is 0 Å². The van der Waals surface area contributed by atoms with Gasteiger partial charge in [0.15, 0.2) is 9.84 Å². The van der Waals surface area contributed by atoms with Gasteiger partial charge >= 0.3 is 5.69 Å². The molecule has 1 unspecified atom stereocenters. The third-order valence-corrected chi connectivity index (χ3v) is 4.64. The molecule has 0 spiro atoms. The molecule has 102 valence electrons. The Balaban J connectivity index is 2.27. The lowest BCUT2D eigenvalue weighted by molar-refractivity contribution is 0.491. The van der Waals surface area contributed by atoms with Crippen molar-refractivity contribution in [3.63, 3.8) is 0 Å². The maximum atomic E-state index is 12.2. The van der Waals surface area contributed by atoms with Crippen LogP contribution in [0.15, 0.2) is 40.0 Å². The molecule has 8 heteroatoms. The zero-order valence-corrected chi connectivity index (χ0v) is 11.4. The maximum Gasteiger partial charge on any atom is 0.363 e. The Bertz CT molecular complexity index is 718. The van der Waals surface area contributed by atoms with Gasteiger partial charge in [0, 0.05) is 7.05 Å². The number of tetrazole rings is 1. The predicted molar refractivity (Wildman–Crippen MR) is 68.5 cm³/mol. The highest BCUT2D eigenvalue weighted by atomic mass is 32.2. The van der Waals surface area contributed by atoms with Gasteiger partial charge in [-0.15, -0.1) is 0 Å². The summed E-state index contributed by atoms with van der Waals surface area (Å²) in [6, 6.07) is 7.54. The molecule has 0 fully saturated rings. The second-order valence-electron chi connectivity index (χ2n) is 4.27. The molecule has 7 nitrogen and oxygen atoms in total. The quantitative estimate of drug-likeness (QED) is 0.788. The number of aromatic nitrogens is 4. The summed E-state index contributed by atoms with van der Waals surface area (Å²) in [4.78, 5) is 11.9. The van der Waals surface area contributed by atoms with Gasteiger partial charge in [0.2, 0.25) is 0 Å². The van der Waals surface area contributed by atoms with Crippen molar-refractivity contribution in [3.05, 3.63) is 40.8 Å². The molecule has 0 aliphatic carbocycles. The summed E-state index contributed by atoms with van der Waals surface area (Å²) in [5, 5.41) is 7.21. The molecule has 1 heterocycles. The lowest BCUT2D eigenvalue weighted by Gasteiger charge is -2.10. The standard InChI is InChI=1S/C11H14N4O3S/c1-9(15-11(16)14(2)12-13-15)8-19(17,18)10-6-4-3-5-7-10/h3-7,9H,8H2,1-2H3. The highest BCUT2D eigenvalue weighted by molar-refractivity contribution is 7.91. The molecule has 1 aromatic carbocycles. The normalized spacial score (nSPS) is 13.4. The van der Waals surface area contributed by atoms with Crippen LogP contribution in [0.1, 0.15) is 13.0 Å². The van der Waals surface area contributed by atoms with Crippen LogP contribution in [0.2, 0.25) is 0 Å². The fourth-order valence-electron chi connectivity index (χ4n) is 1.72. The molecule has 0 bridgehead atoms. The second kappa shape index (κ2) is 4.96. The van der Waals surface area contributed by atoms with Crippen molar-refractivity contribution in [1.82, 2.24) is 19.8 Å². The molecule has 2 aromatic rings. The average Bonchev–Trinajstić information content (AvgIpc) is 2.71. The van der Waals surface area contributed by atoms with Crippen molar-refractivity contribution in [2.45, 2.75) is 17.9 Å². The first-order valence-corrected chi connectivity index (χ1v) is 7.33. The largest absolute Gasteiger partial charge is 0.363 e. The third kappa shape index (κ3) is 2.73. The second-order valence-corrected chi connectivity index (χ2v) is 6.31. The fraction of sp³-hybridized carbons (Fsp3) is 0.364. The third-order valence-electron chi connectivity index (χ3n) is 2.72. The molecule has 0 amide bonds. The van der Waals surface area contributed by atoms with Crippen molar-refractivity contribution in [2.24, 2.45) is 7.05 Å². The summed E-state index contributed by atoms with van der Waals surface area (Å²) in [6.45, 7) is 1.62. The van der Waals surface area contributed by atoms with Crippen molar-refractivity contribution in [3.8, 4) is 0 Å². The van der Waals surface area contributed by atoms with Crippen LogP contribution in [-0.4, -0.2) is 34.0 Å². The summed E-state index contributed by atoms with van der Waals surface area (Å²) in [7, 11) is -1.99. The van der Waals surface area contributed by atoms with Gasteiger partial charge in [-0.05, 0) is 29.5 Å². The van der Waals surface area contributed by atoms with E-state index in [4.69, 9.17) is 0 Å². The Kier molecular flexibility index (Phi) is 3.52. The number of benzene rings is 1. The van der Waals surface area contributed by atoms with E-state index in [9.17, 15) is 13.2 Å². The summed E-state index contributed by atoms with van der Waals surface area (Å²) >= 11 is 0. The molecule has 2 rings (SSSR count). The lowest BCUT2D eigenvalue weighted by atomic mass is 10.4. The van der Waals surface area contributed by atoms with E-state index in [1.54, 1.807) is 25.1 Å². The first-order chi connectivity index (χ1) is 8.92. The summed E-state index contributed by atoms with van der Waals surface area (Å²) in [6.07, 6.45) is 0. The van der Waals surface area contributed by atoms with Crippen molar-refractivity contribution >= 4 is 9.84 Å². The molecule has 0 saturated carbocycles. The molecule has 0 aliphatic heterocycles. The van der Waals surface area contributed by atoms with Gasteiger partial charge in [0.05, 0.1) is 16.7 Å². The van der Waals surface area contributed by atoms with E-state index < -0.39 is 21.6 Å². The molecular weight excluding hydrogens is 268 g/mol. The molecule has 1 aromatic heterocycles. The minimum Gasteiger partial charge on any atom is -0.244 e. The van der Waals surface area contributed by atoms with Gasteiger partial charge in [-0.3, -0.25) is 0 Å². The van der Waals surface area contributed by atoms with Crippen LogP contribution in [0.3, 0.4) is 0 Å². The van der Waals surface area contributed by atoms with E-state index in [1.165, 1.54) is 19.2 Å². The van der Waals surface area contributed by atoms with Gasteiger partial charge in [-0.25, -0.2) is 13.2 Å². The Hall–Kier alpha value is -1.96. The van der Waals surface area contributed by atoms with Crippen LogP contribution in [0.4, 0.5) is 0 Å². The molecule has 0 aliphatic rings. The van der Waals surface area contributed by atoms with E-state index in [0.717, 1.165) is 9.36 Å². The number of hydrogen-bond acceptors (Lipinski definition) is 5. The molecule has 1 atom stereocenters. The van der Waals surface area contributed by atoms with Gasteiger partial charge in [0.25, 0.3) is 0 Å². The summed E-state index contributed by atoms with van der Waals surface area (Å²) < 4.78 is 26.5. The first-order valence-electron chi connectivity index (χ1n) is 5.68. The number of nitrogens with zero attached hydrogens (tertiary/aromatic N) is 4. The number of hydrogen-bond donors (Lipinski definition) is 0. The highest BCUT2D eigenvalue weighted by Gasteiger charge is 2.21. The lowest BCUT2D eigenvalue weighted by Crippen LogP contribution is -2.29. The van der Waals surface area contributed by atoms with Gasteiger partial charge in [-0.2, -0.15) is 9.36 Å². The van der Waals surface area contributed by atoms with Crippen LogP contribution in [-0.2, 0) is 16.9 Å². The minimum atomic E-state index is -3.45. The van der Waals surface area contributed by atoms with E-state index in [-0.39, 0.29) is 10.6 Å². The fourth-order valence-corrected chi connectivity index (χ4v) is 3.26. The zero-order chi connectivity index (χ0) is 14.0. The minimum absolute atomic E-state index is 0.199. The molecular formula is C11H14N4O3S. The van der Waals surface area contributed by atoms with Gasteiger partial charge < -0.3 is 0 Å². The van der Waals surface area contributed by atoms with E-state index in [0.29, 0.717) is 0 Å². The van der Waals surface area contributed by atoms with E-state index in [1.807, 2.05) is 0 Å². The van der Waals surface area contributed by atoms with Crippen LogP contribution < -0.4 is 5.69 Å². The number of sulfone groups is 1. The topological polar surface area (TPSA) is 86.8 Å². The monoisotopic (exact) mass is 282 g/mol. The summed E-state index contributed by atoms with van der Waals surface area (Å²) in [5.74, 6) is -0.199. The summed E-state index contributed by atoms with van der Waals surface area (Å²) in [5.41, 5.74) is -0.434. The molecule has 0 radical (unpaired) electrons. The first kappa shape index (κ1) is 13.5. The molecule has 0 saturated heterocycles. The number of rotatable bonds is 4.